The average molecular weight is 327 g/mol. The number of hydrogen-bond donors (Lipinski definition) is 3. The smallest absolute Gasteiger partial charge is 0.220 e. The van der Waals surface area contributed by atoms with Crippen LogP contribution in [0.5, 0.6) is 0 Å². The van der Waals surface area contributed by atoms with Gasteiger partial charge in [-0.15, -0.1) is 0 Å². The Morgan fingerprint density at radius 3 is 1.74 bits per heavy atom. The van der Waals surface area contributed by atoms with Crippen molar-refractivity contribution in [3.8, 4) is 0 Å². The van der Waals surface area contributed by atoms with E-state index in [1.807, 2.05) is 13.8 Å². The predicted octanol–water partition coefficient (Wildman–Crippen LogP) is 1.74. The van der Waals surface area contributed by atoms with Crippen molar-refractivity contribution in [2.45, 2.75) is 65.2 Å². The molecule has 0 atom stereocenters. The molecule has 6 nitrogen and oxygen atoms in total. The molecule has 0 saturated carbocycles. The van der Waals surface area contributed by atoms with Gasteiger partial charge < -0.3 is 16.0 Å². The van der Waals surface area contributed by atoms with Crippen molar-refractivity contribution in [2.24, 2.45) is 5.92 Å². The lowest BCUT2D eigenvalue weighted by Gasteiger charge is -2.06. The molecule has 0 radical (unpaired) electrons. The van der Waals surface area contributed by atoms with Crippen molar-refractivity contribution in [2.75, 3.05) is 20.3 Å². The number of carbonyl (C=O) groups is 3. The molecule has 0 unspecified atom stereocenters. The summed E-state index contributed by atoms with van der Waals surface area (Å²) in [5.74, 6) is 0.0832. The van der Waals surface area contributed by atoms with Crippen LogP contribution < -0.4 is 16.0 Å². The standard InChI is InChI=1S/C17H33N3O3/c1-14(2)15(21)12-19-16(22)10-8-6-4-5-7-9-11-17(23)20-13-18-3/h14,18H,4-13H2,1-3H3,(H,19,22)(H,20,23). The fraction of sp³-hybridized carbons (Fsp3) is 0.824. The lowest BCUT2D eigenvalue weighted by atomic mass is 10.1. The lowest BCUT2D eigenvalue weighted by molar-refractivity contribution is -0.126. The van der Waals surface area contributed by atoms with Gasteiger partial charge in [-0.3, -0.25) is 14.4 Å². The van der Waals surface area contributed by atoms with E-state index in [9.17, 15) is 14.4 Å². The molecule has 0 aliphatic heterocycles. The van der Waals surface area contributed by atoms with Gasteiger partial charge in [-0.05, 0) is 19.9 Å². The monoisotopic (exact) mass is 327 g/mol. The Bertz CT molecular complexity index is 357. The van der Waals surface area contributed by atoms with Crippen molar-refractivity contribution < 1.29 is 14.4 Å². The van der Waals surface area contributed by atoms with E-state index in [2.05, 4.69) is 16.0 Å². The number of hydrogen-bond acceptors (Lipinski definition) is 4. The molecule has 0 aromatic rings. The summed E-state index contributed by atoms with van der Waals surface area (Å²) in [6.07, 6.45) is 7.05. The summed E-state index contributed by atoms with van der Waals surface area (Å²) in [4.78, 5) is 34.3. The van der Waals surface area contributed by atoms with E-state index >= 15 is 0 Å². The second-order valence-corrected chi connectivity index (χ2v) is 6.15. The molecular formula is C17H33N3O3. The van der Waals surface area contributed by atoms with E-state index in [1.54, 1.807) is 7.05 Å². The van der Waals surface area contributed by atoms with Gasteiger partial charge in [0, 0.05) is 18.8 Å². The second-order valence-electron chi connectivity index (χ2n) is 6.15. The SMILES string of the molecule is CNCNC(=O)CCCCCCCCC(=O)NCC(=O)C(C)C. The first kappa shape index (κ1) is 21.6. The van der Waals surface area contributed by atoms with Gasteiger partial charge in [0.15, 0.2) is 5.78 Å². The molecular weight excluding hydrogens is 294 g/mol. The molecule has 0 heterocycles. The summed E-state index contributed by atoms with van der Waals surface area (Å²) < 4.78 is 0. The van der Waals surface area contributed by atoms with Gasteiger partial charge in [0.1, 0.15) is 0 Å². The number of ketones is 1. The van der Waals surface area contributed by atoms with Gasteiger partial charge in [-0.2, -0.15) is 0 Å². The molecule has 3 N–H and O–H groups in total. The number of unbranched alkanes of at least 4 members (excludes halogenated alkanes) is 5. The summed E-state index contributed by atoms with van der Waals surface area (Å²) in [7, 11) is 1.79. The Morgan fingerprint density at radius 2 is 1.26 bits per heavy atom. The third-order valence-electron chi connectivity index (χ3n) is 3.62. The van der Waals surface area contributed by atoms with E-state index in [0.717, 1.165) is 38.5 Å². The molecule has 0 spiro atoms. The van der Waals surface area contributed by atoms with Crippen molar-refractivity contribution >= 4 is 17.6 Å². The minimum Gasteiger partial charge on any atom is -0.349 e. The maximum Gasteiger partial charge on any atom is 0.220 e. The third kappa shape index (κ3) is 13.9. The zero-order valence-electron chi connectivity index (χ0n) is 14.9. The number of Topliss-reactive ketones (excluding diaryl/α,β-unsaturated/α-hetero) is 1. The minimum atomic E-state index is -0.0415. The molecule has 0 rings (SSSR count). The molecule has 6 heteroatoms. The molecule has 134 valence electrons. The topological polar surface area (TPSA) is 87.3 Å². The largest absolute Gasteiger partial charge is 0.349 e. The van der Waals surface area contributed by atoms with Crippen molar-refractivity contribution in [3.63, 3.8) is 0 Å². The predicted molar refractivity (Wildman–Crippen MR) is 91.9 cm³/mol. The summed E-state index contributed by atoms with van der Waals surface area (Å²) in [6, 6.07) is 0. The number of nitrogens with one attached hydrogen (secondary N) is 3. The normalized spacial score (nSPS) is 10.6. The number of carbonyl (C=O) groups excluding carboxylic acids is 3. The van der Waals surface area contributed by atoms with Crippen LogP contribution in [0.2, 0.25) is 0 Å². The van der Waals surface area contributed by atoms with Crippen molar-refractivity contribution in [3.05, 3.63) is 0 Å². The van der Waals surface area contributed by atoms with Crippen LogP contribution in [0.4, 0.5) is 0 Å². The van der Waals surface area contributed by atoms with Crippen LogP contribution in [0.1, 0.15) is 65.2 Å². The van der Waals surface area contributed by atoms with Gasteiger partial charge in [-0.25, -0.2) is 0 Å². The van der Waals surface area contributed by atoms with Crippen LogP contribution in [0.25, 0.3) is 0 Å². The Hall–Kier alpha value is -1.43. The Labute approximate surface area is 140 Å². The summed E-state index contributed by atoms with van der Waals surface area (Å²) in [6.45, 7) is 4.33. The van der Waals surface area contributed by atoms with Gasteiger partial charge in [-0.1, -0.05) is 39.5 Å². The number of amides is 2. The van der Waals surface area contributed by atoms with Gasteiger partial charge in [0.05, 0.1) is 13.2 Å². The summed E-state index contributed by atoms with van der Waals surface area (Å²) >= 11 is 0. The highest BCUT2D eigenvalue weighted by Crippen LogP contribution is 2.08. The van der Waals surface area contributed by atoms with Crippen LogP contribution in [-0.2, 0) is 14.4 Å². The molecule has 0 fully saturated rings. The average Bonchev–Trinajstić information content (AvgIpc) is 2.52. The van der Waals surface area contributed by atoms with Crippen LogP contribution in [0.15, 0.2) is 0 Å². The zero-order valence-corrected chi connectivity index (χ0v) is 14.9. The first-order valence-electron chi connectivity index (χ1n) is 8.68. The molecule has 0 aliphatic carbocycles. The fourth-order valence-electron chi connectivity index (χ4n) is 2.03. The Morgan fingerprint density at radius 1 is 0.783 bits per heavy atom. The van der Waals surface area contributed by atoms with Crippen molar-refractivity contribution in [1.29, 1.82) is 0 Å². The van der Waals surface area contributed by atoms with Gasteiger partial charge in [0.2, 0.25) is 11.8 Å². The van der Waals surface area contributed by atoms with Crippen LogP contribution in [0, 0.1) is 5.92 Å². The van der Waals surface area contributed by atoms with Gasteiger partial charge >= 0.3 is 0 Å². The molecule has 0 aromatic heterocycles. The van der Waals surface area contributed by atoms with E-state index in [0.29, 0.717) is 19.5 Å². The minimum absolute atomic E-state index is 0.0318. The highest BCUT2D eigenvalue weighted by molar-refractivity contribution is 5.87. The molecule has 0 aliphatic rings. The lowest BCUT2D eigenvalue weighted by Crippen LogP contribution is -2.31. The molecule has 0 aromatic carbocycles. The van der Waals surface area contributed by atoms with E-state index in [1.165, 1.54) is 0 Å². The summed E-state index contributed by atoms with van der Waals surface area (Å²) in [5, 5.41) is 8.30. The van der Waals surface area contributed by atoms with E-state index in [4.69, 9.17) is 0 Å². The molecule has 0 bridgehead atoms. The van der Waals surface area contributed by atoms with Crippen LogP contribution >= 0.6 is 0 Å². The Balaban J connectivity index is 3.37. The summed E-state index contributed by atoms with van der Waals surface area (Å²) in [5.41, 5.74) is 0. The maximum absolute atomic E-state index is 11.6. The van der Waals surface area contributed by atoms with E-state index in [-0.39, 0.29) is 30.1 Å². The maximum atomic E-state index is 11.6. The molecule has 2 amide bonds. The fourth-order valence-corrected chi connectivity index (χ4v) is 2.03. The van der Waals surface area contributed by atoms with Crippen LogP contribution in [0.3, 0.4) is 0 Å². The highest BCUT2D eigenvalue weighted by Gasteiger charge is 2.08. The Kier molecular flexibility index (Phi) is 13.3. The second kappa shape index (κ2) is 14.2. The highest BCUT2D eigenvalue weighted by atomic mass is 16.2. The zero-order chi connectivity index (χ0) is 17.5. The van der Waals surface area contributed by atoms with Crippen molar-refractivity contribution in [1.82, 2.24) is 16.0 Å². The first-order chi connectivity index (χ1) is 11.0. The quantitative estimate of drug-likeness (QED) is 0.335. The van der Waals surface area contributed by atoms with Gasteiger partial charge in [0.25, 0.3) is 0 Å². The third-order valence-corrected chi connectivity index (χ3v) is 3.62. The molecule has 23 heavy (non-hydrogen) atoms. The van der Waals surface area contributed by atoms with E-state index < -0.39 is 0 Å². The van der Waals surface area contributed by atoms with Crippen LogP contribution in [-0.4, -0.2) is 37.9 Å². The molecule has 0 saturated heterocycles. The number of rotatable bonds is 14. The first-order valence-corrected chi connectivity index (χ1v) is 8.68.